The highest BCUT2D eigenvalue weighted by Crippen LogP contribution is 2.09. The molecular weight excluding hydrogens is 214 g/mol. The highest BCUT2D eigenvalue weighted by atomic mass is 16.5. The smallest absolute Gasteiger partial charge is 0.101 e. The van der Waals surface area contributed by atoms with Crippen molar-refractivity contribution in [2.45, 2.75) is 20.4 Å². The van der Waals surface area contributed by atoms with Crippen molar-refractivity contribution < 1.29 is 4.74 Å². The van der Waals surface area contributed by atoms with E-state index in [1.807, 2.05) is 19.2 Å². The molecule has 0 amide bonds. The third-order valence-corrected chi connectivity index (χ3v) is 2.73. The maximum Gasteiger partial charge on any atom is 0.101 e. The number of hydrogen-bond donors (Lipinski definition) is 0. The minimum Gasteiger partial charge on any atom is -0.383 e. The monoisotopic (exact) mass is 233 g/mol. The van der Waals surface area contributed by atoms with E-state index < -0.39 is 0 Å². The molecule has 0 saturated heterocycles. The normalized spacial score (nSPS) is 10.5. The molecular formula is C13H19N3O. The Labute approximate surface area is 103 Å². The lowest BCUT2D eigenvalue weighted by Gasteiger charge is -2.19. The van der Waals surface area contributed by atoms with Crippen molar-refractivity contribution in [3.8, 4) is 6.07 Å². The zero-order valence-electron chi connectivity index (χ0n) is 10.7. The first-order valence-electron chi connectivity index (χ1n) is 5.78. The third-order valence-electron chi connectivity index (χ3n) is 2.73. The van der Waals surface area contributed by atoms with Crippen molar-refractivity contribution in [1.82, 2.24) is 9.88 Å². The Balaban J connectivity index is 2.70. The summed E-state index contributed by atoms with van der Waals surface area (Å²) in [6, 6.07) is 4.08. The second-order valence-corrected chi connectivity index (χ2v) is 3.95. The van der Waals surface area contributed by atoms with Gasteiger partial charge in [-0.2, -0.15) is 5.26 Å². The Morgan fingerprint density at radius 3 is 2.88 bits per heavy atom. The lowest BCUT2D eigenvalue weighted by molar-refractivity contribution is 0.147. The average Bonchev–Trinajstić information content (AvgIpc) is 2.36. The van der Waals surface area contributed by atoms with Crippen molar-refractivity contribution in [3.63, 3.8) is 0 Å². The van der Waals surface area contributed by atoms with Crippen LogP contribution in [-0.4, -0.2) is 36.7 Å². The molecule has 0 aliphatic rings. The van der Waals surface area contributed by atoms with Gasteiger partial charge in [-0.1, -0.05) is 6.92 Å². The van der Waals surface area contributed by atoms with E-state index in [9.17, 15) is 0 Å². The van der Waals surface area contributed by atoms with E-state index in [-0.39, 0.29) is 0 Å². The molecule has 4 nitrogen and oxygen atoms in total. The lowest BCUT2D eigenvalue weighted by atomic mass is 10.1. The molecule has 0 atom stereocenters. The number of nitrogens with zero attached hydrogens (tertiary/aromatic N) is 3. The van der Waals surface area contributed by atoms with E-state index in [1.54, 1.807) is 7.11 Å². The molecule has 1 rings (SSSR count). The van der Waals surface area contributed by atoms with Gasteiger partial charge in [0.1, 0.15) is 6.07 Å². The Morgan fingerprint density at radius 1 is 1.53 bits per heavy atom. The highest BCUT2D eigenvalue weighted by Gasteiger charge is 2.06. The first-order chi connectivity index (χ1) is 8.21. The molecule has 0 radical (unpaired) electrons. The molecule has 1 aromatic heterocycles. The van der Waals surface area contributed by atoms with Gasteiger partial charge in [-0.15, -0.1) is 0 Å². The molecule has 4 heteroatoms. The fraction of sp³-hybridized carbons (Fsp3) is 0.538. The van der Waals surface area contributed by atoms with Crippen LogP contribution in [0.15, 0.2) is 12.3 Å². The standard InChI is InChI=1S/C13H19N3O/c1-4-16(5-6-17-3)10-12-7-13(8-14)11(2)15-9-12/h7,9H,4-6,10H2,1-3H3. The Hall–Kier alpha value is -1.44. The van der Waals surface area contributed by atoms with Gasteiger partial charge in [0.2, 0.25) is 0 Å². The number of methoxy groups -OCH3 is 1. The van der Waals surface area contributed by atoms with E-state index in [0.717, 1.165) is 37.5 Å². The van der Waals surface area contributed by atoms with E-state index in [4.69, 9.17) is 10.00 Å². The fourth-order valence-corrected chi connectivity index (χ4v) is 1.60. The fourth-order valence-electron chi connectivity index (χ4n) is 1.60. The van der Waals surface area contributed by atoms with Crippen LogP contribution < -0.4 is 0 Å². The van der Waals surface area contributed by atoms with Crippen LogP contribution in [0.25, 0.3) is 0 Å². The van der Waals surface area contributed by atoms with Crippen LogP contribution in [0.5, 0.6) is 0 Å². The first-order valence-corrected chi connectivity index (χ1v) is 5.78. The van der Waals surface area contributed by atoms with E-state index in [0.29, 0.717) is 5.56 Å². The van der Waals surface area contributed by atoms with Gasteiger partial charge in [0, 0.05) is 26.4 Å². The van der Waals surface area contributed by atoms with Crippen molar-refractivity contribution in [3.05, 3.63) is 29.1 Å². The van der Waals surface area contributed by atoms with Gasteiger partial charge in [-0.3, -0.25) is 9.88 Å². The van der Waals surface area contributed by atoms with Crippen molar-refractivity contribution in [1.29, 1.82) is 5.26 Å². The molecule has 1 aromatic rings. The van der Waals surface area contributed by atoms with Crippen LogP contribution >= 0.6 is 0 Å². The van der Waals surface area contributed by atoms with Gasteiger partial charge >= 0.3 is 0 Å². The number of hydrogen-bond acceptors (Lipinski definition) is 4. The second kappa shape index (κ2) is 7.00. The number of rotatable bonds is 6. The van der Waals surface area contributed by atoms with Crippen LogP contribution in [0.2, 0.25) is 0 Å². The summed E-state index contributed by atoms with van der Waals surface area (Å²) in [5.74, 6) is 0. The number of likely N-dealkylation sites (N-methyl/N-ethyl adjacent to an activating group) is 1. The summed E-state index contributed by atoms with van der Waals surface area (Å²) in [7, 11) is 1.70. The lowest BCUT2D eigenvalue weighted by Crippen LogP contribution is -2.26. The molecule has 0 unspecified atom stereocenters. The molecule has 0 bridgehead atoms. The van der Waals surface area contributed by atoms with Crippen molar-refractivity contribution >= 4 is 0 Å². The summed E-state index contributed by atoms with van der Waals surface area (Å²) in [5.41, 5.74) is 2.52. The van der Waals surface area contributed by atoms with Gasteiger partial charge in [0.05, 0.1) is 17.9 Å². The molecule has 0 saturated carbocycles. The third kappa shape index (κ3) is 4.14. The number of nitriles is 1. The summed E-state index contributed by atoms with van der Waals surface area (Å²) in [4.78, 5) is 6.50. The molecule has 17 heavy (non-hydrogen) atoms. The van der Waals surface area contributed by atoms with Crippen LogP contribution in [0.1, 0.15) is 23.7 Å². The zero-order chi connectivity index (χ0) is 12.7. The van der Waals surface area contributed by atoms with Gasteiger partial charge in [-0.05, 0) is 25.1 Å². The summed E-state index contributed by atoms with van der Waals surface area (Å²) in [5, 5.41) is 8.95. The molecule has 0 aromatic carbocycles. The van der Waals surface area contributed by atoms with Gasteiger partial charge in [0.25, 0.3) is 0 Å². The molecule has 0 aliphatic heterocycles. The predicted octanol–water partition coefficient (Wildman–Crippen LogP) is 1.73. The van der Waals surface area contributed by atoms with Gasteiger partial charge < -0.3 is 4.74 Å². The van der Waals surface area contributed by atoms with Crippen molar-refractivity contribution in [2.24, 2.45) is 0 Å². The maximum atomic E-state index is 8.95. The van der Waals surface area contributed by atoms with Crippen LogP contribution in [0.3, 0.4) is 0 Å². The first kappa shape index (κ1) is 13.6. The topological polar surface area (TPSA) is 49.1 Å². The molecule has 0 aliphatic carbocycles. The number of aryl methyl sites for hydroxylation is 1. The molecule has 0 N–H and O–H groups in total. The van der Waals surface area contributed by atoms with Crippen LogP contribution in [0, 0.1) is 18.3 Å². The second-order valence-electron chi connectivity index (χ2n) is 3.95. The number of pyridine rings is 1. The quantitative estimate of drug-likeness (QED) is 0.751. The molecule has 1 heterocycles. The zero-order valence-corrected chi connectivity index (χ0v) is 10.7. The van der Waals surface area contributed by atoms with Gasteiger partial charge in [0.15, 0.2) is 0 Å². The highest BCUT2D eigenvalue weighted by molar-refractivity contribution is 5.35. The maximum absolute atomic E-state index is 8.95. The van der Waals surface area contributed by atoms with E-state index >= 15 is 0 Å². The number of ether oxygens (including phenoxy) is 1. The van der Waals surface area contributed by atoms with Crippen LogP contribution in [0.4, 0.5) is 0 Å². The summed E-state index contributed by atoms with van der Waals surface area (Å²) in [6.45, 7) is 7.34. The molecule has 0 fully saturated rings. The SMILES string of the molecule is CCN(CCOC)Cc1cnc(C)c(C#N)c1. The molecule has 0 spiro atoms. The van der Waals surface area contributed by atoms with Gasteiger partial charge in [-0.25, -0.2) is 0 Å². The largest absolute Gasteiger partial charge is 0.383 e. The minimum atomic E-state index is 0.658. The Morgan fingerprint density at radius 2 is 2.29 bits per heavy atom. The predicted molar refractivity (Wildman–Crippen MR) is 66.5 cm³/mol. The van der Waals surface area contributed by atoms with E-state index in [1.165, 1.54) is 0 Å². The van der Waals surface area contributed by atoms with Crippen LogP contribution in [-0.2, 0) is 11.3 Å². The van der Waals surface area contributed by atoms with E-state index in [2.05, 4.69) is 22.9 Å². The summed E-state index contributed by atoms with van der Waals surface area (Å²) >= 11 is 0. The van der Waals surface area contributed by atoms with Crippen molar-refractivity contribution in [2.75, 3.05) is 26.8 Å². The summed E-state index contributed by atoms with van der Waals surface area (Å²) in [6.07, 6.45) is 1.84. The Kier molecular flexibility index (Phi) is 5.61. The minimum absolute atomic E-state index is 0.658. The average molecular weight is 233 g/mol. The molecule has 92 valence electrons. The summed E-state index contributed by atoms with van der Waals surface area (Å²) < 4.78 is 5.07. The Bertz CT molecular complexity index is 398. The number of aromatic nitrogens is 1.